The molecule has 112 valence electrons. The molecule has 0 aromatic heterocycles. The minimum atomic E-state index is -4.20. The number of hydrogen-bond acceptors (Lipinski definition) is 3. The maximum Gasteiger partial charge on any atom is 0.294 e. The van der Waals surface area contributed by atoms with Crippen LogP contribution in [0.5, 0.6) is 0 Å². The molecule has 21 heavy (non-hydrogen) atoms. The lowest BCUT2D eigenvalue weighted by Crippen LogP contribution is -2.08. The Hall–Kier alpha value is -1.85. The van der Waals surface area contributed by atoms with Gasteiger partial charge in [-0.2, -0.15) is 8.42 Å². The third-order valence-corrected chi connectivity index (χ3v) is 4.30. The van der Waals surface area contributed by atoms with Crippen LogP contribution in [0, 0.1) is 6.92 Å². The Morgan fingerprint density at radius 1 is 1.05 bits per heavy atom. The van der Waals surface area contributed by atoms with E-state index in [0.29, 0.717) is 12.0 Å². The maximum atomic E-state index is 11.4. The van der Waals surface area contributed by atoms with Gasteiger partial charge in [-0.05, 0) is 42.7 Å². The second-order valence-electron chi connectivity index (χ2n) is 5.32. The molecule has 0 fully saturated rings. The molecule has 2 rings (SSSR count). The average molecular weight is 305 g/mol. The highest BCUT2D eigenvalue weighted by molar-refractivity contribution is 7.85. The first-order valence-corrected chi connectivity index (χ1v) is 8.04. The van der Waals surface area contributed by atoms with E-state index in [1.54, 1.807) is 12.1 Å². The summed E-state index contributed by atoms with van der Waals surface area (Å²) in [6.45, 7) is 1.90. The highest BCUT2D eigenvalue weighted by Gasteiger charge is 2.15. The highest BCUT2D eigenvalue weighted by Crippen LogP contribution is 2.22. The Morgan fingerprint density at radius 2 is 1.67 bits per heavy atom. The maximum absolute atomic E-state index is 11.4. The van der Waals surface area contributed by atoms with E-state index in [9.17, 15) is 13.0 Å². The van der Waals surface area contributed by atoms with Crippen LogP contribution in [0.2, 0.25) is 0 Å². The monoisotopic (exact) mass is 305 g/mol. The predicted octanol–water partition coefficient (Wildman–Crippen LogP) is 2.90. The summed E-state index contributed by atoms with van der Waals surface area (Å²) in [4.78, 5) is 1.98. The molecule has 1 N–H and O–H groups in total. The molecule has 0 heterocycles. The van der Waals surface area contributed by atoms with Gasteiger partial charge < -0.3 is 4.90 Å². The van der Waals surface area contributed by atoms with Crippen molar-refractivity contribution < 1.29 is 13.0 Å². The van der Waals surface area contributed by atoms with Crippen molar-refractivity contribution in [1.29, 1.82) is 0 Å². The van der Waals surface area contributed by atoms with Gasteiger partial charge in [-0.15, -0.1) is 0 Å². The van der Waals surface area contributed by atoms with Crippen molar-refractivity contribution in [3.63, 3.8) is 0 Å². The van der Waals surface area contributed by atoms with Crippen LogP contribution in [-0.4, -0.2) is 27.1 Å². The van der Waals surface area contributed by atoms with E-state index >= 15 is 0 Å². The molecular weight excluding hydrogens is 286 g/mol. The smallest absolute Gasteiger partial charge is 0.294 e. The van der Waals surface area contributed by atoms with Crippen molar-refractivity contribution in [2.24, 2.45) is 0 Å². The molecule has 0 saturated carbocycles. The van der Waals surface area contributed by atoms with Crippen LogP contribution in [0.25, 0.3) is 0 Å². The van der Waals surface area contributed by atoms with E-state index < -0.39 is 10.1 Å². The lowest BCUT2D eigenvalue weighted by molar-refractivity contribution is 0.482. The summed E-state index contributed by atoms with van der Waals surface area (Å²) in [7, 11) is -0.272. The van der Waals surface area contributed by atoms with Crippen molar-refractivity contribution in [3.05, 3.63) is 59.2 Å². The number of nitrogens with zero attached hydrogens (tertiary/aromatic N) is 1. The van der Waals surface area contributed by atoms with E-state index in [4.69, 9.17) is 0 Å². The number of anilines is 1. The van der Waals surface area contributed by atoms with Gasteiger partial charge in [-0.25, -0.2) is 0 Å². The molecule has 0 aliphatic rings. The van der Waals surface area contributed by atoms with Gasteiger partial charge in [0.05, 0.1) is 4.90 Å². The van der Waals surface area contributed by atoms with Crippen LogP contribution >= 0.6 is 0 Å². The summed E-state index contributed by atoms with van der Waals surface area (Å²) in [5.41, 5.74) is 3.64. The van der Waals surface area contributed by atoms with Gasteiger partial charge in [0.1, 0.15) is 0 Å². The summed E-state index contributed by atoms with van der Waals surface area (Å²) >= 11 is 0. The van der Waals surface area contributed by atoms with E-state index in [-0.39, 0.29) is 4.90 Å². The zero-order valence-electron chi connectivity index (χ0n) is 12.4. The molecule has 0 atom stereocenters. The Kier molecular flexibility index (Phi) is 4.34. The number of benzene rings is 2. The molecule has 0 radical (unpaired) electrons. The Balaban J connectivity index is 2.37. The topological polar surface area (TPSA) is 57.6 Å². The molecule has 4 nitrogen and oxygen atoms in total. The summed E-state index contributed by atoms with van der Waals surface area (Å²) in [5.74, 6) is 0. The Bertz CT molecular complexity index is 735. The highest BCUT2D eigenvalue weighted by atomic mass is 32.2. The summed E-state index contributed by atoms with van der Waals surface area (Å²) in [6, 6.07) is 12.8. The second kappa shape index (κ2) is 5.87. The van der Waals surface area contributed by atoms with Crippen molar-refractivity contribution in [3.8, 4) is 0 Å². The molecule has 0 spiro atoms. The van der Waals surface area contributed by atoms with Crippen LogP contribution in [-0.2, 0) is 16.5 Å². The minimum absolute atomic E-state index is 0.0233. The fourth-order valence-corrected chi connectivity index (χ4v) is 2.93. The Morgan fingerprint density at radius 3 is 2.19 bits per heavy atom. The van der Waals surface area contributed by atoms with Crippen LogP contribution < -0.4 is 4.90 Å². The first kappa shape index (κ1) is 15.5. The van der Waals surface area contributed by atoms with E-state index in [1.165, 1.54) is 6.07 Å². The van der Waals surface area contributed by atoms with E-state index in [1.807, 2.05) is 50.2 Å². The first-order valence-electron chi connectivity index (χ1n) is 6.60. The number of rotatable bonds is 4. The molecule has 0 aliphatic heterocycles. The van der Waals surface area contributed by atoms with Gasteiger partial charge >= 0.3 is 0 Å². The van der Waals surface area contributed by atoms with Crippen LogP contribution in [0.1, 0.15) is 16.7 Å². The van der Waals surface area contributed by atoms with Gasteiger partial charge in [0, 0.05) is 19.8 Å². The average Bonchev–Trinajstić information content (AvgIpc) is 2.38. The van der Waals surface area contributed by atoms with Gasteiger partial charge in [0.15, 0.2) is 0 Å². The zero-order chi connectivity index (χ0) is 15.6. The van der Waals surface area contributed by atoms with Gasteiger partial charge in [0.2, 0.25) is 0 Å². The lowest BCUT2D eigenvalue weighted by Gasteiger charge is -2.13. The molecule has 0 amide bonds. The normalized spacial score (nSPS) is 11.4. The standard InChI is InChI=1S/C16H19NO3S/c1-12-4-9-16(21(18,19)20)14(10-12)11-13-5-7-15(8-6-13)17(2)3/h4-10H,11H2,1-3H3,(H,18,19,20). The fraction of sp³-hybridized carbons (Fsp3) is 0.250. The van der Waals surface area contributed by atoms with Crippen molar-refractivity contribution in [2.45, 2.75) is 18.2 Å². The van der Waals surface area contributed by atoms with Crippen LogP contribution in [0.3, 0.4) is 0 Å². The van der Waals surface area contributed by atoms with Crippen molar-refractivity contribution >= 4 is 15.8 Å². The van der Waals surface area contributed by atoms with E-state index in [0.717, 1.165) is 16.8 Å². The first-order chi connectivity index (χ1) is 9.77. The zero-order valence-corrected chi connectivity index (χ0v) is 13.2. The van der Waals surface area contributed by atoms with Crippen LogP contribution in [0.15, 0.2) is 47.4 Å². The molecule has 2 aromatic rings. The molecular formula is C16H19NO3S. The number of aryl methyl sites for hydroxylation is 1. The van der Waals surface area contributed by atoms with Gasteiger partial charge in [-0.1, -0.05) is 29.8 Å². The van der Waals surface area contributed by atoms with Gasteiger partial charge in [0.25, 0.3) is 10.1 Å². The number of hydrogen-bond donors (Lipinski definition) is 1. The summed E-state index contributed by atoms with van der Waals surface area (Å²) in [6.07, 6.45) is 0.463. The fourth-order valence-electron chi connectivity index (χ4n) is 2.23. The molecule has 0 saturated heterocycles. The summed E-state index contributed by atoms with van der Waals surface area (Å²) in [5, 5.41) is 0. The lowest BCUT2D eigenvalue weighted by atomic mass is 10.0. The predicted molar refractivity (Wildman–Crippen MR) is 84.6 cm³/mol. The Labute approximate surface area is 125 Å². The molecule has 5 heteroatoms. The molecule has 2 aromatic carbocycles. The largest absolute Gasteiger partial charge is 0.378 e. The molecule has 0 bridgehead atoms. The third-order valence-electron chi connectivity index (χ3n) is 3.34. The molecule has 0 aliphatic carbocycles. The quantitative estimate of drug-likeness (QED) is 0.882. The minimum Gasteiger partial charge on any atom is -0.378 e. The van der Waals surface area contributed by atoms with Crippen molar-refractivity contribution in [2.75, 3.05) is 19.0 Å². The van der Waals surface area contributed by atoms with Gasteiger partial charge in [-0.3, -0.25) is 4.55 Å². The summed E-state index contributed by atoms with van der Waals surface area (Å²) < 4.78 is 32.2. The molecule has 0 unspecified atom stereocenters. The second-order valence-corrected chi connectivity index (χ2v) is 6.71. The third kappa shape index (κ3) is 3.83. The SMILES string of the molecule is Cc1ccc(S(=O)(=O)O)c(Cc2ccc(N(C)C)cc2)c1. The van der Waals surface area contributed by atoms with Crippen molar-refractivity contribution in [1.82, 2.24) is 0 Å². The van der Waals surface area contributed by atoms with E-state index in [2.05, 4.69) is 0 Å². The van der Waals surface area contributed by atoms with Crippen LogP contribution in [0.4, 0.5) is 5.69 Å².